The summed E-state index contributed by atoms with van der Waals surface area (Å²) >= 11 is 3.55. The maximum atomic E-state index is 5.54. The first-order valence-corrected chi connectivity index (χ1v) is 4.91. The van der Waals surface area contributed by atoms with E-state index in [0.29, 0.717) is 0 Å². The van der Waals surface area contributed by atoms with Crippen molar-refractivity contribution in [3.05, 3.63) is 27.2 Å². The molecule has 0 atom stereocenters. The normalized spacial score (nSPS) is 14.2. The fraction of sp³-hybridized carbons (Fsp3) is 0.400. The summed E-state index contributed by atoms with van der Waals surface area (Å²) in [6.07, 6.45) is 1.06. The molecule has 12 heavy (non-hydrogen) atoms. The van der Waals surface area contributed by atoms with Crippen LogP contribution in [0, 0.1) is 13.8 Å². The Morgan fingerprint density at radius 1 is 1.42 bits per heavy atom. The zero-order valence-electron chi connectivity index (χ0n) is 7.28. The highest BCUT2D eigenvalue weighted by atomic mass is 79.9. The van der Waals surface area contributed by atoms with E-state index >= 15 is 0 Å². The highest BCUT2D eigenvalue weighted by Crippen LogP contribution is 2.36. The highest BCUT2D eigenvalue weighted by molar-refractivity contribution is 9.10. The van der Waals surface area contributed by atoms with Crippen LogP contribution < -0.4 is 4.74 Å². The van der Waals surface area contributed by atoms with Gasteiger partial charge in [0.25, 0.3) is 0 Å². The number of aryl methyl sites for hydroxylation is 1. The maximum Gasteiger partial charge on any atom is 0.126 e. The lowest BCUT2D eigenvalue weighted by Crippen LogP contribution is -1.89. The van der Waals surface area contributed by atoms with Gasteiger partial charge >= 0.3 is 0 Å². The van der Waals surface area contributed by atoms with Crippen molar-refractivity contribution in [1.82, 2.24) is 0 Å². The van der Waals surface area contributed by atoms with E-state index in [-0.39, 0.29) is 0 Å². The Kier molecular flexibility index (Phi) is 1.87. The van der Waals surface area contributed by atoms with Crippen LogP contribution in [-0.2, 0) is 6.42 Å². The molecule has 0 saturated carbocycles. The maximum absolute atomic E-state index is 5.54. The van der Waals surface area contributed by atoms with Gasteiger partial charge in [-0.25, -0.2) is 0 Å². The molecule has 0 N–H and O–H groups in total. The minimum Gasteiger partial charge on any atom is -0.493 e. The molecule has 1 nitrogen and oxygen atoms in total. The predicted molar refractivity (Wildman–Crippen MR) is 52.8 cm³/mol. The quantitative estimate of drug-likeness (QED) is 0.661. The predicted octanol–water partition coefficient (Wildman–Crippen LogP) is 3.00. The van der Waals surface area contributed by atoms with Gasteiger partial charge in [-0.2, -0.15) is 0 Å². The van der Waals surface area contributed by atoms with E-state index in [2.05, 4.69) is 35.8 Å². The van der Waals surface area contributed by atoms with Crippen molar-refractivity contribution in [2.45, 2.75) is 20.3 Å². The zero-order chi connectivity index (χ0) is 8.72. The molecule has 1 heterocycles. The molecule has 2 heteroatoms. The number of rotatable bonds is 0. The molecule has 0 radical (unpaired) electrons. The lowest BCUT2D eigenvalue weighted by atomic mass is 10.1. The smallest absolute Gasteiger partial charge is 0.126 e. The highest BCUT2D eigenvalue weighted by Gasteiger charge is 2.17. The molecule has 0 spiro atoms. The van der Waals surface area contributed by atoms with Crippen LogP contribution in [0.1, 0.15) is 16.7 Å². The van der Waals surface area contributed by atoms with Crippen LogP contribution in [0.4, 0.5) is 0 Å². The van der Waals surface area contributed by atoms with Crippen molar-refractivity contribution in [3.8, 4) is 5.75 Å². The van der Waals surface area contributed by atoms with Crippen molar-refractivity contribution in [3.63, 3.8) is 0 Å². The van der Waals surface area contributed by atoms with Gasteiger partial charge in [-0.15, -0.1) is 0 Å². The third-order valence-corrected chi connectivity index (χ3v) is 3.54. The van der Waals surface area contributed by atoms with E-state index in [0.717, 1.165) is 18.8 Å². The molecular formula is C10H11BrO. The number of halogens is 1. The molecule has 1 aliphatic heterocycles. The van der Waals surface area contributed by atoms with Gasteiger partial charge < -0.3 is 4.74 Å². The lowest BCUT2D eigenvalue weighted by molar-refractivity contribution is 0.354. The minimum atomic E-state index is 0.839. The summed E-state index contributed by atoms with van der Waals surface area (Å²) in [5.41, 5.74) is 3.90. The summed E-state index contributed by atoms with van der Waals surface area (Å²) in [6.45, 7) is 5.06. The average molecular weight is 227 g/mol. The van der Waals surface area contributed by atoms with Crippen LogP contribution in [-0.4, -0.2) is 6.61 Å². The second-order valence-electron chi connectivity index (χ2n) is 3.22. The summed E-state index contributed by atoms with van der Waals surface area (Å²) in [7, 11) is 0. The minimum absolute atomic E-state index is 0.839. The van der Waals surface area contributed by atoms with Crippen molar-refractivity contribution in [2.24, 2.45) is 0 Å². The number of benzene rings is 1. The fourth-order valence-corrected chi connectivity index (χ4v) is 1.97. The van der Waals surface area contributed by atoms with Crippen LogP contribution in [0.5, 0.6) is 5.75 Å². The monoisotopic (exact) mass is 226 g/mol. The van der Waals surface area contributed by atoms with Crippen LogP contribution in [0.25, 0.3) is 0 Å². The molecule has 1 aromatic rings. The van der Waals surface area contributed by atoms with Crippen LogP contribution in [0.15, 0.2) is 10.5 Å². The molecule has 0 amide bonds. The van der Waals surface area contributed by atoms with Gasteiger partial charge in [0.2, 0.25) is 0 Å². The number of hydrogen-bond donors (Lipinski definition) is 0. The Morgan fingerprint density at radius 3 is 2.92 bits per heavy atom. The molecule has 0 aliphatic carbocycles. The Balaban J connectivity index is 2.67. The molecule has 64 valence electrons. The van der Waals surface area contributed by atoms with E-state index in [1.54, 1.807) is 0 Å². The molecule has 2 rings (SSSR count). The summed E-state index contributed by atoms with van der Waals surface area (Å²) in [5, 5.41) is 0. The first-order chi connectivity index (χ1) is 5.70. The molecule has 1 aromatic carbocycles. The van der Waals surface area contributed by atoms with E-state index in [9.17, 15) is 0 Å². The standard InChI is InChI=1S/C10H11BrO/c1-6-5-8-3-4-12-10(8)7(2)9(6)11/h5H,3-4H2,1-2H3. The lowest BCUT2D eigenvalue weighted by Gasteiger charge is -2.08. The average Bonchev–Trinajstić information content (AvgIpc) is 2.48. The Bertz CT molecular complexity index is 331. The van der Waals surface area contributed by atoms with Gasteiger partial charge in [0.1, 0.15) is 5.75 Å². The van der Waals surface area contributed by atoms with Crippen molar-refractivity contribution < 1.29 is 4.74 Å². The van der Waals surface area contributed by atoms with Gasteiger partial charge in [-0.3, -0.25) is 0 Å². The Morgan fingerprint density at radius 2 is 2.17 bits per heavy atom. The molecule has 0 unspecified atom stereocenters. The van der Waals surface area contributed by atoms with Crippen LogP contribution >= 0.6 is 15.9 Å². The van der Waals surface area contributed by atoms with E-state index < -0.39 is 0 Å². The Labute approximate surface area is 80.9 Å². The van der Waals surface area contributed by atoms with Gasteiger partial charge in [-0.05, 0) is 25.0 Å². The molecule has 0 bridgehead atoms. The number of hydrogen-bond acceptors (Lipinski definition) is 1. The van der Waals surface area contributed by atoms with E-state index in [1.807, 2.05) is 0 Å². The second kappa shape index (κ2) is 2.77. The molecular weight excluding hydrogens is 216 g/mol. The number of ether oxygens (including phenoxy) is 1. The van der Waals surface area contributed by atoms with Crippen molar-refractivity contribution in [2.75, 3.05) is 6.61 Å². The molecule has 0 aromatic heterocycles. The molecule has 0 fully saturated rings. The summed E-state index contributed by atoms with van der Waals surface area (Å²) in [4.78, 5) is 0. The first-order valence-electron chi connectivity index (χ1n) is 4.11. The van der Waals surface area contributed by atoms with Crippen LogP contribution in [0.3, 0.4) is 0 Å². The van der Waals surface area contributed by atoms with Crippen LogP contribution in [0.2, 0.25) is 0 Å². The van der Waals surface area contributed by atoms with E-state index in [4.69, 9.17) is 4.74 Å². The Hall–Kier alpha value is -0.500. The van der Waals surface area contributed by atoms with Gasteiger partial charge in [0.05, 0.1) is 6.61 Å². The second-order valence-corrected chi connectivity index (χ2v) is 4.01. The van der Waals surface area contributed by atoms with Gasteiger partial charge in [-0.1, -0.05) is 22.0 Å². The molecule has 1 aliphatic rings. The van der Waals surface area contributed by atoms with Gasteiger partial charge in [0.15, 0.2) is 0 Å². The summed E-state index contributed by atoms with van der Waals surface area (Å²) in [5.74, 6) is 1.09. The summed E-state index contributed by atoms with van der Waals surface area (Å²) in [6, 6.07) is 2.21. The summed E-state index contributed by atoms with van der Waals surface area (Å²) < 4.78 is 6.72. The van der Waals surface area contributed by atoms with Crippen molar-refractivity contribution >= 4 is 15.9 Å². The zero-order valence-corrected chi connectivity index (χ0v) is 8.86. The third-order valence-electron chi connectivity index (χ3n) is 2.32. The third kappa shape index (κ3) is 1.06. The van der Waals surface area contributed by atoms with Crippen molar-refractivity contribution in [1.29, 1.82) is 0 Å². The number of fused-ring (bicyclic) bond motifs is 1. The first kappa shape index (κ1) is 8.11. The molecule has 0 saturated heterocycles. The van der Waals surface area contributed by atoms with Gasteiger partial charge in [0, 0.05) is 16.5 Å². The topological polar surface area (TPSA) is 9.23 Å². The SMILES string of the molecule is Cc1cc2c(c(C)c1Br)OCC2. The fourth-order valence-electron chi connectivity index (χ4n) is 1.68. The van der Waals surface area contributed by atoms with E-state index in [1.165, 1.54) is 21.2 Å². The largest absolute Gasteiger partial charge is 0.493 e.